The largest absolute Gasteiger partial charge is 0.330 e. The minimum Gasteiger partial charge on any atom is -0.330 e. The van der Waals surface area contributed by atoms with Crippen LogP contribution < -0.4 is 5.73 Å². The number of aryl methyl sites for hydroxylation is 1. The Morgan fingerprint density at radius 3 is 2.79 bits per heavy atom. The zero-order valence-electron chi connectivity index (χ0n) is 7.81. The SMILES string of the molecule is Cc1ccc(C(=O)CCN)c(Br)c1F. The Hall–Kier alpha value is -0.740. The van der Waals surface area contributed by atoms with Crippen LogP contribution in [0.1, 0.15) is 22.3 Å². The molecule has 1 rings (SSSR count). The molecule has 2 N–H and O–H groups in total. The van der Waals surface area contributed by atoms with E-state index >= 15 is 0 Å². The second kappa shape index (κ2) is 4.66. The van der Waals surface area contributed by atoms with Crippen molar-refractivity contribution in [1.82, 2.24) is 0 Å². The molecule has 0 bridgehead atoms. The van der Waals surface area contributed by atoms with Gasteiger partial charge in [-0.05, 0) is 41.0 Å². The van der Waals surface area contributed by atoms with E-state index in [-0.39, 0.29) is 29.0 Å². The van der Waals surface area contributed by atoms with Crippen LogP contribution in [-0.2, 0) is 0 Å². The van der Waals surface area contributed by atoms with Crippen LogP contribution in [0.2, 0.25) is 0 Å². The van der Waals surface area contributed by atoms with Crippen molar-refractivity contribution in [2.24, 2.45) is 5.73 Å². The predicted molar refractivity (Wildman–Crippen MR) is 56.8 cm³/mol. The average Bonchev–Trinajstić information content (AvgIpc) is 2.15. The zero-order valence-corrected chi connectivity index (χ0v) is 9.40. The fourth-order valence-electron chi connectivity index (χ4n) is 1.13. The van der Waals surface area contributed by atoms with Gasteiger partial charge in [0.05, 0.1) is 4.47 Å². The summed E-state index contributed by atoms with van der Waals surface area (Å²) in [5, 5.41) is 0. The maximum atomic E-state index is 13.4. The number of rotatable bonds is 3. The Kier molecular flexibility index (Phi) is 3.77. The summed E-state index contributed by atoms with van der Waals surface area (Å²) in [5.41, 5.74) is 6.13. The smallest absolute Gasteiger partial charge is 0.165 e. The van der Waals surface area contributed by atoms with Crippen LogP contribution in [0.4, 0.5) is 4.39 Å². The molecule has 0 amide bonds. The zero-order chi connectivity index (χ0) is 10.7. The monoisotopic (exact) mass is 259 g/mol. The van der Waals surface area contributed by atoms with Crippen LogP contribution in [0.25, 0.3) is 0 Å². The van der Waals surface area contributed by atoms with Gasteiger partial charge in [-0.25, -0.2) is 4.39 Å². The van der Waals surface area contributed by atoms with Crippen LogP contribution in [0.3, 0.4) is 0 Å². The van der Waals surface area contributed by atoms with Crippen molar-refractivity contribution in [3.05, 3.63) is 33.5 Å². The molecular formula is C10H11BrFNO. The standard InChI is InChI=1S/C10H11BrFNO/c1-6-2-3-7(8(14)4-5-13)9(11)10(6)12/h2-3H,4-5,13H2,1H3. The van der Waals surface area contributed by atoms with Gasteiger partial charge in [0.25, 0.3) is 0 Å². The lowest BCUT2D eigenvalue weighted by atomic mass is 10.1. The lowest BCUT2D eigenvalue weighted by Crippen LogP contribution is -2.09. The molecule has 0 radical (unpaired) electrons. The molecule has 0 heterocycles. The molecular weight excluding hydrogens is 249 g/mol. The van der Waals surface area contributed by atoms with E-state index in [1.54, 1.807) is 19.1 Å². The van der Waals surface area contributed by atoms with Crippen LogP contribution in [-0.4, -0.2) is 12.3 Å². The molecule has 0 aromatic heterocycles. The summed E-state index contributed by atoms with van der Waals surface area (Å²) in [7, 11) is 0. The maximum Gasteiger partial charge on any atom is 0.165 e. The van der Waals surface area contributed by atoms with E-state index < -0.39 is 0 Å². The first-order valence-electron chi connectivity index (χ1n) is 4.25. The van der Waals surface area contributed by atoms with E-state index in [9.17, 15) is 9.18 Å². The van der Waals surface area contributed by atoms with Gasteiger partial charge in [0.1, 0.15) is 5.82 Å². The molecule has 0 unspecified atom stereocenters. The highest BCUT2D eigenvalue weighted by molar-refractivity contribution is 9.10. The number of nitrogens with two attached hydrogens (primary N) is 1. The molecule has 0 fully saturated rings. The summed E-state index contributed by atoms with van der Waals surface area (Å²) in [5.74, 6) is -0.522. The molecule has 1 aromatic rings. The highest BCUT2D eigenvalue weighted by Crippen LogP contribution is 2.24. The van der Waals surface area contributed by atoms with Gasteiger partial charge in [0, 0.05) is 12.0 Å². The predicted octanol–water partition coefficient (Wildman–Crippen LogP) is 2.43. The Labute approximate surface area is 90.4 Å². The highest BCUT2D eigenvalue weighted by Gasteiger charge is 2.13. The first kappa shape index (κ1) is 11.3. The summed E-state index contributed by atoms with van der Waals surface area (Å²) < 4.78 is 13.6. The van der Waals surface area contributed by atoms with Crippen LogP contribution in [0.15, 0.2) is 16.6 Å². The van der Waals surface area contributed by atoms with Gasteiger partial charge in [-0.15, -0.1) is 0 Å². The molecule has 2 nitrogen and oxygen atoms in total. The minimum atomic E-state index is -0.382. The third-order valence-corrected chi connectivity index (χ3v) is 2.72. The second-order valence-electron chi connectivity index (χ2n) is 3.02. The lowest BCUT2D eigenvalue weighted by Gasteiger charge is -2.05. The van der Waals surface area contributed by atoms with Crippen molar-refractivity contribution in [3.8, 4) is 0 Å². The third-order valence-electron chi connectivity index (χ3n) is 1.95. The molecule has 0 saturated carbocycles. The highest BCUT2D eigenvalue weighted by atomic mass is 79.9. The van der Waals surface area contributed by atoms with Crippen molar-refractivity contribution in [3.63, 3.8) is 0 Å². The van der Waals surface area contributed by atoms with E-state index in [2.05, 4.69) is 15.9 Å². The average molecular weight is 260 g/mol. The van der Waals surface area contributed by atoms with E-state index in [0.717, 1.165) is 0 Å². The normalized spacial score (nSPS) is 10.3. The van der Waals surface area contributed by atoms with Gasteiger partial charge in [0.15, 0.2) is 5.78 Å². The van der Waals surface area contributed by atoms with E-state index in [1.165, 1.54) is 0 Å². The number of hydrogen-bond acceptors (Lipinski definition) is 2. The van der Waals surface area contributed by atoms with Crippen LogP contribution in [0, 0.1) is 12.7 Å². The summed E-state index contributed by atoms with van der Waals surface area (Å²) >= 11 is 3.06. The molecule has 0 aliphatic rings. The van der Waals surface area contributed by atoms with Crippen molar-refractivity contribution in [2.45, 2.75) is 13.3 Å². The van der Waals surface area contributed by atoms with Crippen LogP contribution >= 0.6 is 15.9 Å². The quantitative estimate of drug-likeness (QED) is 0.848. The fourth-order valence-corrected chi connectivity index (χ4v) is 1.79. The fraction of sp³-hybridized carbons (Fsp3) is 0.300. The van der Waals surface area contributed by atoms with E-state index in [4.69, 9.17) is 5.73 Å². The summed E-state index contributed by atoms with van der Waals surface area (Å²) in [6.07, 6.45) is 0.237. The lowest BCUT2D eigenvalue weighted by molar-refractivity contribution is 0.0984. The van der Waals surface area contributed by atoms with Crippen molar-refractivity contribution in [1.29, 1.82) is 0 Å². The van der Waals surface area contributed by atoms with Gasteiger partial charge in [0.2, 0.25) is 0 Å². The maximum absolute atomic E-state index is 13.4. The Balaban J connectivity index is 3.11. The number of ketones is 1. The number of Topliss-reactive ketones (excluding diaryl/α,β-unsaturated/α-hetero) is 1. The molecule has 4 heteroatoms. The van der Waals surface area contributed by atoms with Crippen LogP contribution in [0.5, 0.6) is 0 Å². The number of halogens is 2. The number of carbonyl (C=O) groups excluding carboxylic acids is 1. The minimum absolute atomic E-state index is 0.140. The Morgan fingerprint density at radius 2 is 2.21 bits per heavy atom. The first-order chi connectivity index (χ1) is 6.57. The Morgan fingerprint density at radius 1 is 1.57 bits per heavy atom. The number of hydrogen-bond donors (Lipinski definition) is 1. The third kappa shape index (κ3) is 2.19. The molecule has 0 saturated heterocycles. The molecule has 76 valence electrons. The molecule has 1 aromatic carbocycles. The van der Waals surface area contributed by atoms with E-state index in [1.807, 2.05) is 0 Å². The number of carbonyl (C=O) groups is 1. The summed E-state index contributed by atoms with van der Waals surface area (Å²) in [4.78, 5) is 11.5. The van der Waals surface area contributed by atoms with Gasteiger partial charge in [-0.2, -0.15) is 0 Å². The first-order valence-corrected chi connectivity index (χ1v) is 5.05. The topological polar surface area (TPSA) is 43.1 Å². The van der Waals surface area contributed by atoms with Gasteiger partial charge in [-0.3, -0.25) is 4.79 Å². The van der Waals surface area contributed by atoms with E-state index in [0.29, 0.717) is 11.1 Å². The Bertz CT molecular complexity index is 365. The van der Waals surface area contributed by atoms with Gasteiger partial charge < -0.3 is 5.73 Å². The van der Waals surface area contributed by atoms with Gasteiger partial charge in [-0.1, -0.05) is 6.07 Å². The van der Waals surface area contributed by atoms with Crippen molar-refractivity contribution < 1.29 is 9.18 Å². The molecule has 0 aliphatic carbocycles. The summed E-state index contributed by atoms with van der Waals surface area (Å²) in [6.45, 7) is 1.93. The van der Waals surface area contributed by atoms with Crippen molar-refractivity contribution in [2.75, 3.05) is 6.54 Å². The summed E-state index contributed by atoms with van der Waals surface area (Å²) in [6, 6.07) is 3.20. The van der Waals surface area contributed by atoms with Crippen molar-refractivity contribution >= 4 is 21.7 Å². The molecule has 0 spiro atoms. The van der Waals surface area contributed by atoms with Gasteiger partial charge >= 0.3 is 0 Å². The molecule has 14 heavy (non-hydrogen) atoms. The number of benzene rings is 1. The molecule has 0 atom stereocenters. The second-order valence-corrected chi connectivity index (χ2v) is 3.81. The molecule has 0 aliphatic heterocycles.